The van der Waals surface area contributed by atoms with Gasteiger partial charge in [0.2, 0.25) is 11.8 Å². The molecule has 3 aromatic rings. The molecule has 10 nitrogen and oxygen atoms in total. The first-order valence-corrected chi connectivity index (χ1v) is 12.8. The standard InChI is InChI=1S/C26H31F3N8O2/c1-26(2,29)23-33-25(39-34-23)36-8-6-17(7-9-36)35(3)22(38)15-11-31-24(32-12-15)37-13-19(21(30)14-37)18-10-16(27)4-5-20(18)28/h4-5,10-12,17,19,21H,6-9,13-14,30H2,1-3H3/t19-,21+/m1/s1. The fourth-order valence-corrected chi connectivity index (χ4v) is 5.11. The third-order valence-electron chi connectivity index (χ3n) is 7.44. The van der Waals surface area contributed by atoms with Crippen LogP contribution in [0.25, 0.3) is 0 Å². The Morgan fingerprint density at radius 3 is 2.46 bits per heavy atom. The van der Waals surface area contributed by atoms with Crippen LogP contribution in [-0.2, 0) is 5.67 Å². The summed E-state index contributed by atoms with van der Waals surface area (Å²) < 4.78 is 47.3. The molecule has 0 aliphatic carbocycles. The zero-order valence-electron chi connectivity index (χ0n) is 22.0. The number of carbonyl (C=O) groups excluding carboxylic acids is 1. The number of anilines is 2. The molecule has 0 radical (unpaired) electrons. The number of alkyl halides is 1. The number of aromatic nitrogens is 4. The van der Waals surface area contributed by atoms with E-state index in [0.717, 1.165) is 12.1 Å². The summed E-state index contributed by atoms with van der Waals surface area (Å²) in [6, 6.07) is 3.18. The van der Waals surface area contributed by atoms with E-state index < -0.39 is 29.3 Å². The van der Waals surface area contributed by atoms with Gasteiger partial charge in [0.05, 0.1) is 5.56 Å². The lowest BCUT2D eigenvalue weighted by molar-refractivity contribution is 0.0707. The molecule has 0 bridgehead atoms. The predicted octanol–water partition coefficient (Wildman–Crippen LogP) is 3.01. The minimum atomic E-state index is -1.69. The average Bonchev–Trinajstić information content (AvgIpc) is 3.57. The summed E-state index contributed by atoms with van der Waals surface area (Å²) in [5, 5.41) is 3.73. The summed E-state index contributed by atoms with van der Waals surface area (Å²) in [5.41, 5.74) is 5.13. The number of benzene rings is 1. The number of carbonyl (C=O) groups is 1. The van der Waals surface area contributed by atoms with E-state index >= 15 is 0 Å². The zero-order valence-corrected chi connectivity index (χ0v) is 22.0. The third kappa shape index (κ3) is 5.54. The largest absolute Gasteiger partial charge is 0.339 e. The molecular formula is C26H31F3N8O2. The third-order valence-corrected chi connectivity index (χ3v) is 7.44. The van der Waals surface area contributed by atoms with Crippen molar-refractivity contribution in [1.82, 2.24) is 25.0 Å². The molecule has 2 aromatic heterocycles. The minimum Gasteiger partial charge on any atom is -0.339 e. The smallest absolute Gasteiger partial charge is 0.324 e. The van der Waals surface area contributed by atoms with Gasteiger partial charge in [-0.1, -0.05) is 5.16 Å². The van der Waals surface area contributed by atoms with E-state index in [1.165, 1.54) is 32.3 Å². The van der Waals surface area contributed by atoms with E-state index in [1.807, 2.05) is 4.90 Å². The van der Waals surface area contributed by atoms with Crippen LogP contribution in [0.15, 0.2) is 35.1 Å². The topological polar surface area (TPSA) is 118 Å². The number of nitrogens with two attached hydrogens (primary N) is 1. The quantitative estimate of drug-likeness (QED) is 0.500. The molecule has 2 N–H and O–H groups in total. The van der Waals surface area contributed by atoms with E-state index in [4.69, 9.17) is 10.3 Å². The molecular weight excluding hydrogens is 513 g/mol. The fourth-order valence-electron chi connectivity index (χ4n) is 5.11. The van der Waals surface area contributed by atoms with Crippen molar-refractivity contribution in [3.63, 3.8) is 0 Å². The van der Waals surface area contributed by atoms with Gasteiger partial charge in [-0.3, -0.25) is 4.79 Å². The highest BCUT2D eigenvalue weighted by atomic mass is 19.1. The van der Waals surface area contributed by atoms with E-state index in [-0.39, 0.29) is 29.4 Å². The van der Waals surface area contributed by atoms with Crippen LogP contribution < -0.4 is 15.5 Å². The number of hydrogen-bond acceptors (Lipinski definition) is 9. The molecule has 13 heteroatoms. The van der Waals surface area contributed by atoms with Gasteiger partial charge in [-0.15, -0.1) is 0 Å². The summed E-state index contributed by atoms with van der Waals surface area (Å²) in [4.78, 5) is 31.4. The van der Waals surface area contributed by atoms with Crippen LogP contribution in [0.1, 0.15) is 54.4 Å². The van der Waals surface area contributed by atoms with Gasteiger partial charge in [-0.25, -0.2) is 23.1 Å². The number of hydrogen-bond donors (Lipinski definition) is 1. The molecule has 4 heterocycles. The Kier molecular flexibility index (Phi) is 7.19. The number of nitrogens with zero attached hydrogens (tertiary/aromatic N) is 7. The highest BCUT2D eigenvalue weighted by molar-refractivity contribution is 5.93. The van der Waals surface area contributed by atoms with Crippen molar-refractivity contribution < 1.29 is 22.5 Å². The van der Waals surface area contributed by atoms with Gasteiger partial charge in [-0.05, 0) is 50.5 Å². The van der Waals surface area contributed by atoms with Crippen LogP contribution in [0.5, 0.6) is 0 Å². The maximum atomic E-state index is 14.3. The van der Waals surface area contributed by atoms with Crippen molar-refractivity contribution in [2.75, 3.05) is 43.0 Å². The highest BCUT2D eigenvalue weighted by Gasteiger charge is 2.35. The molecule has 208 valence electrons. The second-order valence-electron chi connectivity index (χ2n) is 10.6. The van der Waals surface area contributed by atoms with Crippen molar-refractivity contribution in [2.45, 2.75) is 50.4 Å². The Hall–Kier alpha value is -3.74. The van der Waals surface area contributed by atoms with Gasteiger partial charge in [0.25, 0.3) is 5.91 Å². The lowest BCUT2D eigenvalue weighted by Crippen LogP contribution is -2.45. The summed E-state index contributed by atoms with van der Waals surface area (Å²) in [6.07, 6.45) is 4.27. The predicted molar refractivity (Wildman–Crippen MR) is 137 cm³/mol. The van der Waals surface area contributed by atoms with E-state index in [2.05, 4.69) is 20.1 Å². The number of rotatable bonds is 6. The maximum Gasteiger partial charge on any atom is 0.324 e. The Morgan fingerprint density at radius 2 is 1.82 bits per heavy atom. The molecule has 2 atom stereocenters. The minimum absolute atomic E-state index is 0.00271. The molecule has 1 amide bonds. The molecule has 2 aliphatic rings. The van der Waals surface area contributed by atoms with Crippen molar-refractivity contribution >= 4 is 17.9 Å². The monoisotopic (exact) mass is 544 g/mol. The van der Waals surface area contributed by atoms with Gasteiger partial charge >= 0.3 is 6.01 Å². The number of halogens is 3. The molecule has 0 unspecified atom stereocenters. The van der Waals surface area contributed by atoms with Crippen molar-refractivity contribution in [2.24, 2.45) is 5.73 Å². The Labute approximate surface area is 224 Å². The Morgan fingerprint density at radius 1 is 1.13 bits per heavy atom. The van der Waals surface area contributed by atoms with Gasteiger partial charge in [0.15, 0.2) is 5.67 Å². The second-order valence-corrected chi connectivity index (χ2v) is 10.6. The molecule has 0 spiro atoms. The van der Waals surface area contributed by atoms with Crippen LogP contribution in [0.2, 0.25) is 0 Å². The summed E-state index contributed by atoms with van der Waals surface area (Å²) in [6.45, 7) is 4.60. The Balaban J connectivity index is 1.18. The first kappa shape index (κ1) is 26.9. The molecule has 1 aromatic carbocycles. The lowest BCUT2D eigenvalue weighted by Gasteiger charge is -2.35. The summed E-state index contributed by atoms with van der Waals surface area (Å²) in [7, 11) is 1.74. The van der Waals surface area contributed by atoms with Crippen LogP contribution >= 0.6 is 0 Å². The average molecular weight is 545 g/mol. The maximum absolute atomic E-state index is 14.3. The molecule has 0 saturated carbocycles. The van der Waals surface area contributed by atoms with Crippen LogP contribution in [0.3, 0.4) is 0 Å². The summed E-state index contributed by atoms with van der Waals surface area (Å²) >= 11 is 0. The molecule has 39 heavy (non-hydrogen) atoms. The van der Waals surface area contributed by atoms with Crippen molar-refractivity contribution in [1.29, 1.82) is 0 Å². The van der Waals surface area contributed by atoms with Crippen molar-refractivity contribution in [3.8, 4) is 0 Å². The van der Waals surface area contributed by atoms with Gasteiger partial charge in [0.1, 0.15) is 11.6 Å². The van der Waals surface area contributed by atoms with Gasteiger partial charge in [0, 0.05) is 63.6 Å². The first-order valence-electron chi connectivity index (χ1n) is 12.8. The second kappa shape index (κ2) is 10.4. The normalized spacial score (nSPS) is 20.5. The van der Waals surface area contributed by atoms with Crippen LogP contribution in [-0.4, -0.2) is 76.2 Å². The molecule has 2 aliphatic heterocycles. The van der Waals surface area contributed by atoms with Gasteiger partial charge < -0.3 is 25.0 Å². The fraction of sp³-hybridized carbons (Fsp3) is 0.500. The first-order chi connectivity index (χ1) is 18.5. The van der Waals surface area contributed by atoms with Crippen LogP contribution in [0, 0.1) is 11.6 Å². The molecule has 2 saturated heterocycles. The molecule has 2 fully saturated rings. The lowest BCUT2D eigenvalue weighted by atomic mass is 9.94. The van der Waals surface area contributed by atoms with E-state index in [1.54, 1.807) is 16.8 Å². The van der Waals surface area contributed by atoms with E-state index in [9.17, 15) is 18.0 Å². The Bertz CT molecular complexity index is 1320. The highest BCUT2D eigenvalue weighted by Crippen LogP contribution is 2.31. The van der Waals surface area contributed by atoms with Gasteiger partial charge in [-0.2, -0.15) is 4.98 Å². The van der Waals surface area contributed by atoms with Crippen molar-refractivity contribution in [3.05, 3.63) is 59.2 Å². The van der Waals surface area contributed by atoms with Crippen LogP contribution in [0.4, 0.5) is 25.1 Å². The number of amides is 1. The number of piperidine rings is 1. The summed E-state index contributed by atoms with van der Waals surface area (Å²) in [5.74, 6) is -1.27. The zero-order chi connectivity index (χ0) is 27.9. The van der Waals surface area contributed by atoms with E-state index in [0.29, 0.717) is 50.5 Å². The SMILES string of the molecule is CN(C(=O)c1cnc(N2C[C@H](c3cc(F)ccc3F)[C@@H](N)C2)nc1)C1CCN(c2nc(C(C)(C)F)no2)CC1. The molecule has 5 rings (SSSR count).